The number of fused-ring (bicyclic) bond motifs is 1. The van der Waals surface area contributed by atoms with Crippen molar-refractivity contribution in [1.82, 2.24) is 10.4 Å². The van der Waals surface area contributed by atoms with E-state index in [0.29, 0.717) is 11.3 Å². The van der Waals surface area contributed by atoms with E-state index in [9.17, 15) is 9.59 Å². The summed E-state index contributed by atoms with van der Waals surface area (Å²) in [5.74, 6) is 0.162. The number of hydrogen-bond acceptors (Lipinski definition) is 4. The lowest BCUT2D eigenvalue weighted by Crippen LogP contribution is -2.25. The molecule has 0 unspecified atom stereocenters. The van der Waals surface area contributed by atoms with E-state index in [4.69, 9.17) is 4.74 Å². The maximum absolute atomic E-state index is 12.1. The third-order valence-electron chi connectivity index (χ3n) is 4.51. The van der Waals surface area contributed by atoms with E-state index in [1.54, 1.807) is 6.07 Å². The van der Waals surface area contributed by atoms with Crippen LogP contribution in [0.4, 0.5) is 0 Å². The number of aromatic amines is 1. The predicted octanol–water partition coefficient (Wildman–Crippen LogP) is 3.72. The molecule has 1 amide bonds. The lowest BCUT2D eigenvalue weighted by molar-refractivity contribution is -0.123. The molecule has 6 heteroatoms. The SMILES string of the molecule is O=C(COc1ccc(-c2ccccc2)cc1)N/N=C\c1cc2ccccc2[nH]c1=O. The Morgan fingerprint density at radius 1 is 0.933 bits per heavy atom. The minimum atomic E-state index is -0.421. The Hall–Kier alpha value is -4.19. The highest BCUT2D eigenvalue weighted by Gasteiger charge is 2.04. The highest BCUT2D eigenvalue weighted by Crippen LogP contribution is 2.21. The van der Waals surface area contributed by atoms with Crippen LogP contribution in [0.15, 0.2) is 94.8 Å². The van der Waals surface area contributed by atoms with Crippen molar-refractivity contribution >= 4 is 23.0 Å². The number of carbonyl (C=O) groups excluding carboxylic acids is 1. The lowest BCUT2D eigenvalue weighted by Gasteiger charge is -2.06. The van der Waals surface area contributed by atoms with Gasteiger partial charge in [0.25, 0.3) is 11.5 Å². The molecular weight excluding hydrogens is 378 g/mol. The van der Waals surface area contributed by atoms with E-state index >= 15 is 0 Å². The van der Waals surface area contributed by atoms with Gasteiger partial charge in [-0.05, 0) is 40.8 Å². The second-order valence-corrected chi connectivity index (χ2v) is 6.61. The maximum Gasteiger partial charge on any atom is 0.277 e. The number of hydrogen-bond donors (Lipinski definition) is 2. The summed E-state index contributed by atoms with van der Waals surface area (Å²) >= 11 is 0. The van der Waals surface area contributed by atoms with E-state index in [0.717, 1.165) is 22.0 Å². The first-order valence-corrected chi connectivity index (χ1v) is 9.41. The maximum atomic E-state index is 12.1. The Bertz CT molecular complexity index is 1250. The van der Waals surface area contributed by atoms with Gasteiger partial charge in [0.1, 0.15) is 5.75 Å². The average molecular weight is 397 g/mol. The number of aromatic nitrogens is 1. The second kappa shape index (κ2) is 8.87. The number of amides is 1. The van der Waals surface area contributed by atoms with Gasteiger partial charge in [-0.2, -0.15) is 5.10 Å². The summed E-state index contributed by atoms with van der Waals surface area (Å²) in [5, 5.41) is 4.73. The molecule has 4 aromatic rings. The van der Waals surface area contributed by atoms with E-state index in [2.05, 4.69) is 15.5 Å². The Morgan fingerprint density at radius 2 is 1.63 bits per heavy atom. The third kappa shape index (κ3) is 4.62. The van der Waals surface area contributed by atoms with Gasteiger partial charge >= 0.3 is 0 Å². The molecule has 2 N–H and O–H groups in total. The fourth-order valence-electron chi connectivity index (χ4n) is 2.99. The summed E-state index contributed by atoms with van der Waals surface area (Å²) in [5.41, 5.74) is 5.37. The summed E-state index contributed by atoms with van der Waals surface area (Å²) in [6, 6.07) is 26.7. The van der Waals surface area contributed by atoms with Crippen LogP contribution in [-0.2, 0) is 4.79 Å². The van der Waals surface area contributed by atoms with Crippen LogP contribution in [0.25, 0.3) is 22.0 Å². The molecule has 4 rings (SSSR count). The van der Waals surface area contributed by atoms with Gasteiger partial charge in [-0.25, -0.2) is 5.43 Å². The first-order chi connectivity index (χ1) is 14.7. The molecule has 0 bridgehead atoms. The number of ether oxygens (including phenoxy) is 1. The van der Waals surface area contributed by atoms with Crippen LogP contribution >= 0.6 is 0 Å². The molecule has 0 fully saturated rings. The zero-order valence-electron chi connectivity index (χ0n) is 16.0. The highest BCUT2D eigenvalue weighted by atomic mass is 16.5. The van der Waals surface area contributed by atoms with E-state index < -0.39 is 5.91 Å². The largest absolute Gasteiger partial charge is 0.484 e. The molecule has 0 atom stereocenters. The molecule has 0 aliphatic heterocycles. The van der Waals surface area contributed by atoms with Crippen LogP contribution in [0.2, 0.25) is 0 Å². The molecule has 1 heterocycles. The first kappa shape index (κ1) is 19.1. The second-order valence-electron chi connectivity index (χ2n) is 6.61. The van der Waals surface area contributed by atoms with Crippen LogP contribution in [-0.4, -0.2) is 23.7 Å². The zero-order valence-corrected chi connectivity index (χ0v) is 16.0. The van der Waals surface area contributed by atoms with Crippen molar-refractivity contribution in [3.05, 3.63) is 101 Å². The number of hydrazone groups is 1. The molecule has 0 saturated heterocycles. The molecule has 0 radical (unpaired) electrons. The van der Waals surface area contributed by atoms with Gasteiger partial charge in [0, 0.05) is 5.52 Å². The van der Waals surface area contributed by atoms with Crippen molar-refractivity contribution in [1.29, 1.82) is 0 Å². The minimum Gasteiger partial charge on any atom is -0.484 e. The van der Waals surface area contributed by atoms with Crippen LogP contribution in [0.5, 0.6) is 5.75 Å². The monoisotopic (exact) mass is 397 g/mol. The summed E-state index contributed by atoms with van der Waals surface area (Å²) in [6.45, 7) is -0.184. The molecule has 0 saturated carbocycles. The fourth-order valence-corrected chi connectivity index (χ4v) is 2.99. The Balaban J connectivity index is 1.32. The Morgan fingerprint density at radius 3 is 2.43 bits per heavy atom. The van der Waals surface area contributed by atoms with Crippen LogP contribution in [0, 0.1) is 0 Å². The van der Waals surface area contributed by atoms with Crippen molar-refractivity contribution < 1.29 is 9.53 Å². The molecule has 30 heavy (non-hydrogen) atoms. The van der Waals surface area contributed by atoms with Gasteiger partial charge in [-0.3, -0.25) is 9.59 Å². The van der Waals surface area contributed by atoms with Gasteiger partial charge in [-0.1, -0.05) is 60.7 Å². The standard InChI is InChI=1S/C24H19N3O3/c28-23(16-30-21-12-10-18(11-13-21)17-6-2-1-3-7-17)27-25-15-20-14-19-8-4-5-9-22(19)26-24(20)29/h1-15H,16H2,(H,26,29)(H,27,28)/b25-15-. The van der Waals surface area contributed by atoms with E-state index in [-0.39, 0.29) is 12.2 Å². The van der Waals surface area contributed by atoms with Crippen molar-refractivity contribution in [2.75, 3.05) is 6.61 Å². The Labute approximate surface area is 172 Å². The summed E-state index contributed by atoms with van der Waals surface area (Å²) in [4.78, 5) is 26.8. The van der Waals surface area contributed by atoms with Gasteiger partial charge in [-0.15, -0.1) is 0 Å². The topological polar surface area (TPSA) is 83.5 Å². The van der Waals surface area contributed by atoms with Crippen LogP contribution < -0.4 is 15.7 Å². The van der Waals surface area contributed by atoms with Crippen molar-refractivity contribution in [2.24, 2.45) is 5.10 Å². The van der Waals surface area contributed by atoms with Crippen LogP contribution in [0.3, 0.4) is 0 Å². The number of para-hydroxylation sites is 1. The minimum absolute atomic E-state index is 0.184. The van der Waals surface area contributed by atoms with Crippen molar-refractivity contribution in [3.8, 4) is 16.9 Å². The van der Waals surface area contributed by atoms with Crippen molar-refractivity contribution in [3.63, 3.8) is 0 Å². The number of H-pyrrole nitrogens is 1. The lowest BCUT2D eigenvalue weighted by atomic mass is 10.1. The fraction of sp³-hybridized carbons (Fsp3) is 0.0417. The number of benzene rings is 3. The Kier molecular flexibility index (Phi) is 5.66. The van der Waals surface area contributed by atoms with Gasteiger partial charge < -0.3 is 9.72 Å². The van der Waals surface area contributed by atoms with Crippen molar-refractivity contribution in [2.45, 2.75) is 0 Å². The highest BCUT2D eigenvalue weighted by molar-refractivity contribution is 5.88. The number of nitrogens with zero attached hydrogens (tertiary/aromatic N) is 1. The summed E-state index contributed by atoms with van der Waals surface area (Å²) in [6.07, 6.45) is 1.32. The predicted molar refractivity (Wildman–Crippen MR) is 118 cm³/mol. The molecule has 6 nitrogen and oxygen atoms in total. The first-order valence-electron chi connectivity index (χ1n) is 9.41. The van der Waals surface area contributed by atoms with Gasteiger partial charge in [0.2, 0.25) is 0 Å². The molecule has 148 valence electrons. The smallest absolute Gasteiger partial charge is 0.277 e. The van der Waals surface area contributed by atoms with E-state index in [1.807, 2.05) is 78.9 Å². The van der Waals surface area contributed by atoms with Crippen LogP contribution in [0.1, 0.15) is 5.56 Å². The molecule has 0 aliphatic carbocycles. The normalized spacial score (nSPS) is 10.9. The number of pyridine rings is 1. The molecular formula is C24H19N3O3. The van der Waals surface area contributed by atoms with E-state index in [1.165, 1.54) is 6.21 Å². The van der Waals surface area contributed by atoms with Gasteiger partial charge in [0.15, 0.2) is 6.61 Å². The number of rotatable bonds is 6. The quantitative estimate of drug-likeness (QED) is 0.384. The average Bonchev–Trinajstić information content (AvgIpc) is 2.79. The molecule has 3 aromatic carbocycles. The molecule has 0 aliphatic rings. The molecule has 1 aromatic heterocycles. The zero-order chi connectivity index (χ0) is 20.8. The molecule has 0 spiro atoms. The summed E-state index contributed by atoms with van der Waals surface area (Å²) < 4.78 is 5.49. The number of carbonyl (C=O) groups is 1. The van der Waals surface area contributed by atoms with Gasteiger partial charge in [0.05, 0.1) is 11.8 Å². The summed E-state index contributed by atoms with van der Waals surface area (Å²) in [7, 11) is 0. The third-order valence-corrected chi connectivity index (χ3v) is 4.51. The number of nitrogens with one attached hydrogen (secondary N) is 2.